The number of nitrogens with zero attached hydrogens (tertiary/aromatic N) is 1. The molecule has 1 saturated heterocycles. The van der Waals surface area contributed by atoms with Gasteiger partial charge in [-0.1, -0.05) is 55.0 Å². The van der Waals surface area contributed by atoms with Gasteiger partial charge in [-0.2, -0.15) is 0 Å². The van der Waals surface area contributed by atoms with Crippen LogP contribution in [0.15, 0.2) is 48.6 Å². The summed E-state index contributed by atoms with van der Waals surface area (Å²) in [4.78, 5) is 2.69. The number of rotatable bonds is 2. The fraction of sp³-hybridized carbons (Fsp3) is 0.474. The van der Waals surface area contributed by atoms with E-state index >= 15 is 0 Å². The number of piperidine rings is 1. The van der Waals surface area contributed by atoms with Crippen molar-refractivity contribution in [2.75, 3.05) is 19.6 Å². The SMILES string of the molecule is C1=CC2C(CN3CCCCC3)c3ccccc3[C@H]2C=C1. The van der Waals surface area contributed by atoms with Crippen LogP contribution in [0.2, 0.25) is 0 Å². The highest BCUT2D eigenvalue weighted by atomic mass is 15.1. The van der Waals surface area contributed by atoms with Crippen molar-refractivity contribution in [2.45, 2.75) is 31.1 Å². The molecule has 2 unspecified atom stereocenters. The zero-order chi connectivity index (χ0) is 13.4. The molecule has 1 aromatic rings. The Balaban J connectivity index is 1.64. The highest BCUT2D eigenvalue weighted by Gasteiger charge is 2.39. The molecule has 1 heterocycles. The van der Waals surface area contributed by atoms with E-state index in [1.54, 1.807) is 11.1 Å². The minimum absolute atomic E-state index is 0.617. The van der Waals surface area contributed by atoms with Crippen molar-refractivity contribution in [1.82, 2.24) is 4.90 Å². The largest absolute Gasteiger partial charge is 0.303 e. The van der Waals surface area contributed by atoms with E-state index < -0.39 is 0 Å². The third-order valence-corrected chi connectivity index (χ3v) is 5.30. The quantitative estimate of drug-likeness (QED) is 0.778. The van der Waals surface area contributed by atoms with E-state index in [4.69, 9.17) is 0 Å². The summed E-state index contributed by atoms with van der Waals surface area (Å²) >= 11 is 0. The molecule has 0 aromatic heterocycles. The average molecular weight is 265 g/mol. The van der Waals surface area contributed by atoms with Gasteiger partial charge in [0.25, 0.3) is 0 Å². The lowest BCUT2D eigenvalue weighted by Crippen LogP contribution is -2.34. The van der Waals surface area contributed by atoms with Gasteiger partial charge in [0.15, 0.2) is 0 Å². The van der Waals surface area contributed by atoms with Crippen LogP contribution in [0.1, 0.15) is 42.2 Å². The molecular formula is C19H23N. The molecule has 1 heteroatoms. The summed E-state index contributed by atoms with van der Waals surface area (Å²) in [5.74, 6) is 1.99. The van der Waals surface area contributed by atoms with Crippen LogP contribution >= 0.6 is 0 Å². The van der Waals surface area contributed by atoms with Gasteiger partial charge < -0.3 is 4.90 Å². The Hall–Kier alpha value is -1.34. The van der Waals surface area contributed by atoms with Gasteiger partial charge in [-0.25, -0.2) is 0 Å². The molecule has 0 radical (unpaired) electrons. The predicted octanol–water partition coefficient (Wildman–Crippen LogP) is 4.10. The molecule has 1 nitrogen and oxygen atoms in total. The molecule has 20 heavy (non-hydrogen) atoms. The second kappa shape index (κ2) is 5.21. The van der Waals surface area contributed by atoms with Crippen molar-refractivity contribution >= 4 is 0 Å². The van der Waals surface area contributed by atoms with Crippen molar-refractivity contribution in [3.63, 3.8) is 0 Å². The first-order valence-electron chi connectivity index (χ1n) is 8.09. The van der Waals surface area contributed by atoms with E-state index in [-0.39, 0.29) is 0 Å². The molecule has 1 fully saturated rings. The Bertz CT molecular complexity index is 536. The first kappa shape index (κ1) is 12.4. The molecule has 0 amide bonds. The maximum atomic E-state index is 2.69. The lowest BCUT2D eigenvalue weighted by Gasteiger charge is -2.32. The molecule has 2 aliphatic carbocycles. The molecule has 3 aliphatic rings. The van der Waals surface area contributed by atoms with E-state index in [1.165, 1.54) is 38.9 Å². The number of hydrogen-bond donors (Lipinski definition) is 0. The van der Waals surface area contributed by atoms with Gasteiger partial charge in [0.2, 0.25) is 0 Å². The minimum Gasteiger partial charge on any atom is -0.303 e. The predicted molar refractivity (Wildman–Crippen MR) is 84.0 cm³/mol. The summed E-state index contributed by atoms with van der Waals surface area (Å²) in [6, 6.07) is 9.12. The summed E-state index contributed by atoms with van der Waals surface area (Å²) in [6.07, 6.45) is 13.5. The zero-order valence-electron chi connectivity index (χ0n) is 12.0. The highest BCUT2D eigenvalue weighted by Crippen LogP contribution is 2.49. The Morgan fingerprint density at radius 2 is 1.65 bits per heavy atom. The van der Waals surface area contributed by atoms with E-state index in [0.717, 1.165) is 0 Å². The van der Waals surface area contributed by atoms with Crippen LogP contribution in [0.4, 0.5) is 0 Å². The van der Waals surface area contributed by atoms with Gasteiger partial charge in [-0.05, 0) is 43.0 Å². The second-order valence-corrected chi connectivity index (χ2v) is 6.47. The molecular weight excluding hydrogens is 242 g/mol. The number of likely N-dealkylation sites (tertiary alicyclic amines) is 1. The van der Waals surface area contributed by atoms with Crippen molar-refractivity contribution in [2.24, 2.45) is 5.92 Å². The van der Waals surface area contributed by atoms with E-state index in [1.807, 2.05) is 0 Å². The van der Waals surface area contributed by atoms with Crippen molar-refractivity contribution < 1.29 is 0 Å². The Morgan fingerprint density at radius 1 is 0.900 bits per heavy atom. The Morgan fingerprint density at radius 3 is 2.50 bits per heavy atom. The van der Waals surface area contributed by atoms with Crippen molar-refractivity contribution in [3.05, 3.63) is 59.7 Å². The summed E-state index contributed by atoms with van der Waals surface area (Å²) in [7, 11) is 0. The standard InChI is InChI=1S/C19H23N/c1-6-12-20(13-7-1)14-19-17-10-4-2-8-15(17)16-9-3-5-11-18(16)19/h2-5,8-11,15,17,19H,1,6-7,12-14H2/t15-,17?,19?/m1/s1. The van der Waals surface area contributed by atoms with E-state index in [0.29, 0.717) is 17.8 Å². The molecule has 4 rings (SSSR count). The van der Waals surface area contributed by atoms with E-state index in [2.05, 4.69) is 53.5 Å². The topological polar surface area (TPSA) is 3.24 Å². The van der Waals surface area contributed by atoms with Crippen LogP contribution in [0.3, 0.4) is 0 Å². The van der Waals surface area contributed by atoms with E-state index in [9.17, 15) is 0 Å². The average Bonchev–Trinajstić information content (AvgIpc) is 2.84. The van der Waals surface area contributed by atoms with Crippen molar-refractivity contribution in [1.29, 1.82) is 0 Å². The molecule has 0 bridgehead atoms. The maximum Gasteiger partial charge on any atom is 0.00932 e. The summed E-state index contributed by atoms with van der Waals surface area (Å²) in [5, 5.41) is 0. The smallest absolute Gasteiger partial charge is 0.00932 e. The first-order valence-corrected chi connectivity index (χ1v) is 8.09. The Labute approximate surface area is 122 Å². The number of allylic oxidation sites excluding steroid dienone is 4. The molecule has 0 spiro atoms. The van der Waals surface area contributed by atoms with Crippen LogP contribution < -0.4 is 0 Å². The lowest BCUT2D eigenvalue weighted by atomic mass is 9.83. The summed E-state index contributed by atoms with van der Waals surface area (Å²) in [6.45, 7) is 3.85. The number of benzene rings is 1. The van der Waals surface area contributed by atoms with Crippen molar-refractivity contribution in [3.8, 4) is 0 Å². The third-order valence-electron chi connectivity index (χ3n) is 5.30. The molecule has 1 aromatic carbocycles. The van der Waals surface area contributed by atoms with Crippen LogP contribution in [0.25, 0.3) is 0 Å². The second-order valence-electron chi connectivity index (χ2n) is 6.47. The van der Waals surface area contributed by atoms with Gasteiger partial charge in [0.05, 0.1) is 0 Å². The zero-order valence-corrected chi connectivity index (χ0v) is 12.0. The molecule has 104 valence electrons. The normalized spacial score (nSPS) is 32.1. The molecule has 1 aliphatic heterocycles. The molecule has 0 N–H and O–H groups in total. The van der Waals surface area contributed by atoms with Crippen LogP contribution in [-0.4, -0.2) is 24.5 Å². The molecule has 0 saturated carbocycles. The number of hydrogen-bond acceptors (Lipinski definition) is 1. The molecule has 3 atom stereocenters. The van der Waals surface area contributed by atoms with Gasteiger partial charge in [-0.15, -0.1) is 0 Å². The fourth-order valence-corrected chi connectivity index (χ4v) is 4.32. The summed E-state index contributed by atoms with van der Waals surface area (Å²) < 4.78 is 0. The third kappa shape index (κ3) is 2.05. The maximum absolute atomic E-state index is 2.69. The first-order chi connectivity index (χ1) is 9.93. The lowest BCUT2D eigenvalue weighted by molar-refractivity contribution is 0.205. The van der Waals surface area contributed by atoms with Gasteiger partial charge in [0, 0.05) is 18.4 Å². The van der Waals surface area contributed by atoms with Crippen LogP contribution in [-0.2, 0) is 0 Å². The van der Waals surface area contributed by atoms with Gasteiger partial charge >= 0.3 is 0 Å². The monoisotopic (exact) mass is 265 g/mol. The Kier molecular flexibility index (Phi) is 3.23. The number of fused-ring (bicyclic) bond motifs is 3. The van der Waals surface area contributed by atoms with Crippen LogP contribution in [0, 0.1) is 5.92 Å². The fourth-order valence-electron chi connectivity index (χ4n) is 4.32. The van der Waals surface area contributed by atoms with Gasteiger partial charge in [0.1, 0.15) is 0 Å². The minimum atomic E-state index is 0.617. The van der Waals surface area contributed by atoms with Gasteiger partial charge in [-0.3, -0.25) is 0 Å². The highest BCUT2D eigenvalue weighted by molar-refractivity contribution is 5.46. The van der Waals surface area contributed by atoms with Crippen LogP contribution in [0.5, 0.6) is 0 Å². The summed E-state index contributed by atoms with van der Waals surface area (Å²) in [5.41, 5.74) is 3.17.